The minimum Gasteiger partial charge on any atom is -0.330 e. The minimum absolute atomic E-state index is 0.455. The van der Waals surface area contributed by atoms with Crippen LogP contribution in [0.1, 0.15) is 46.0 Å². The molecule has 0 aliphatic carbocycles. The Morgan fingerprint density at radius 1 is 1.06 bits per heavy atom. The van der Waals surface area contributed by atoms with Crippen LogP contribution in [-0.4, -0.2) is 32.4 Å². The molecule has 1 atom stereocenters. The molecule has 0 spiro atoms. The van der Waals surface area contributed by atoms with Crippen LogP contribution < -0.4 is 5.73 Å². The van der Waals surface area contributed by atoms with E-state index < -0.39 is 14.5 Å². The molecule has 0 aliphatic rings. The standard InChI is InChI=1S/C12H27NO4P/c1-3-5-9-15-12(16-10-6-4-2)17-18(14)11-7-8-13/h12H,3-11,13H2,1-2H3/q+1. The fourth-order valence-corrected chi connectivity index (χ4v) is 1.99. The second-order valence-electron chi connectivity index (χ2n) is 4.04. The summed E-state index contributed by atoms with van der Waals surface area (Å²) in [5, 5.41) is 0. The van der Waals surface area contributed by atoms with Gasteiger partial charge in [-0.3, -0.25) is 0 Å². The van der Waals surface area contributed by atoms with Gasteiger partial charge in [-0.2, -0.15) is 0 Å². The third-order valence-electron chi connectivity index (χ3n) is 2.25. The van der Waals surface area contributed by atoms with Crippen molar-refractivity contribution < 1.29 is 18.6 Å². The normalized spacial score (nSPS) is 12.1. The molecule has 0 heterocycles. The molecular weight excluding hydrogens is 253 g/mol. The lowest BCUT2D eigenvalue weighted by atomic mass is 10.4. The summed E-state index contributed by atoms with van der Waals surface area (Å²) < 4.78 is 27.7. The number of hydrogen-bond donors (Lipinski definition) is 1. The Hall–Kier alpha value is -0.0600. The molecule has 0 aromatic rings. The van der Waals surface area contributed by atoms with Crippen LogP contribution in [0.5, 0.6) is 0 Å². The van der Waals surface area contributed by atoms with Gasteiger partial charge >= 0.3 is 14.5 Å². The van der Waals surface area contributed by atoms with Crippen LogP contribution in [0.2, 0.25) is 0 Å². The lowest BCUT2D eigenvalue weighted by molar-refractivity contribution is -0.245. The average molecular weight is 280 g/mol. The summed E-state index contributed by atoms with van der Waals surface area (Å²) >= 11 is 0. The van der Waals surface area contributed by atoms with Gasteiger partial charge in [0.2, 0.25) is 0 Å². The van der Waals surface area contributed by atoms with Crippen molar-refractivity contribution in [2.45, 2.75) is 52.4 Å². The Labute approximate surface area is 111 Å². The number of ether oxygens (including phenoxy) is 2. The summed E-state index contributed by atoms with van der Waals surface area (Å²) in [6, 6.07) is 0. The topological polar surface area (TPSA) is 70.8 Å². The van der Waals surface area contributed by atoms with E-state index in [0.29, 0.717) is 32.3 Å². The summed E-state index contributed by atoms with van der Waals surface area (Å²) in [5.41, 5.74) is 5.36. The summed E-state index contributed by atoms with van der Waals surface area (Å²) in [6.07, 6.45) is 5.11. The van der Waals surface area contributed by atoms with Crippen LogP contribution in [0, 0.1) is 0 Å². The van der Waals surface area contributed by atoms with Gasteiger partial charge in [0.05, 0.1) is 13.2 Å². The van der Waals surface area contributed by atoms with Crippen molar-refractivity contribution in [3.05, 3.63) is 0 Å². The Morgan fingerprint density at radius 3 is 2.06 bits per heavy atom. The Balaban J connectivity index is 3.89. The maximum atomic E-state index is 11.6. The highest BCUT2D eigenvalue weighted by molar-refractivity contribution is 7.39. The molecule has 18 heavy (non-hydrogen) atoms. The van der Waals surface area contributed by atoms with E-state index in [1.54, 1.807) is 0 Å². The molecule has 0 rings (SSSR count). The van der Waals surface area contributed by atoms with Gasteiger partial charge in [-0.15, -0.1) is 0 Å². The highest BCUT2D eigenvalue weighted by Gasteiger charge is 2.25. The molecule has 0 amide bonds. The molecule has 0 aliphatic heterocycles. The largest absolute Gasteiger partial charge is 0.513 e. The summed E-state index contributed by atoms with van der Waals surface area (Å²) in [6.45, 7) is 5.01. The zero-order valence-corrected chi connectivity index (χ0v) is 12.5. The monoisotopic (exact) mass is 280 g/mol. The van der Waals surface area contributed by atoms with Crippen LogP contribution in [0.4, 0.5) is 0 Å². The molecular formula is C12H27NO4P+. The van der Waals surface area contributed by atoms with Crippen LogP contribution in [-0.2, 0) is 18.6 Å². The lowest BCUT2D eigenvalue weighted by Gasteiger charge is -2.12. The number of nitrogens with two attached hydrogens (primary N) is 1. The first-order valence-electron chi connectivity index (χ1n) is 6.79. The zero-order chi connectivity index (χ0) is 13.6. The molecule has 0 saturated carbocycles. The highest BCUT2D eigenvalue weighted by Crippen LogP contribution is 2.26. The number of rotatable bonds is 13. The first-order valence-corrected chi connectivity index (χ1v) is 8.15. The van der Waals surface area contributed by atoms with Crippen molar-refractivity contribution in [2.24, 2.45) is 5.73 Å². The third-order valence-corrected chi connectivity index (χ3v) is 3.34. The maximum absolute atomic E-state index is 11.6. The van der Waals surface area contributed by atoms with E-state index in [-0.39, 0.29) is 0 Å². The van der Waals surface area contributed by atoms with Crippen LogP contribution in [0.15, 0.2) is 0 Å². The molecule has 5 nitrogen and oxygen atoms in total. The molecule has 1 unspecified atom stereocenters. The van der Waals surface area contributed by atoms with Gasteiger partial charge < -0.3 is 15.2 Å². The molecule has 0 radical (unpaired) electrons. The molecule has 0 aromatic carbocycles. The molecule has 0 fully saturated rings. The van der Waals surface area contributed by atoms with E-state index in [2.05, 4.69) is 13.8 Å². The van der Waals surface area contributed by atoms with Crippen molar-refractivity contribution in [2.75, 3.05) is 25.9 Å². The van der Waals surface area contributed by atoms with E-state index in [0.717, 1.165) is 25.7 Å². The maximum Gasteiger partial charge on any atom is 0.513 e. The first kappa shape index (κ1) is 17.9. The van der Waals surface area contributed by atoms with Crippen molar-refractivity contribution in [3.8, 4) is 0 Å². The second kappa shape index (κ2) is 13.4. The number of unbranched alkanes of at least 4 members (excludes halogenated alkanes) is 2. The molecule has 2 N–H and O–H groups in total. The van der Waals surface area contributed by atoms with Gasteiger partial charge in [-0.05, 0) is 24.0 Å². The zero-order valence-electron chi connectivity index (χ0n) is 11.6. The smallest absolute Gasteiger partial charge is 0.330 e. The fourth-order valence-electron chi connectivity index (χ4n) is 1.13. The fraction of sp³-hybridized carbons (Fsp3) is 1.00. The van der Waals surface area contributed by atoms with Gasteiger partial charge in [0.1, 0.15) is 0 Å². The van der Waals surface area contributed by atoms with E-state index in [4.69, 9.17) is 19.7 Å². The molecule has 0 aromatic heterocycles. The molecule has 0 saturated heterocycles. The van der Waals surface area contributed by atoms with E-state index >= 15 is 0 Å². The lowest BCUT2D eigenvalue weighted by Crippen LogP contribution is -2.20. The minimum atomic E-state index is -1.75. The second-order valence-corrected chi connectivity index (χ2v) is 5.36. The summed E-state index contributed by atoms with van der Waals surface area (Å²) in [4.78, 5) is 0. The Bertz CT molecular complexity index is 195. The van der Waals surface area contributed by atoms with Gasteiger partial charge in [-0.25, -0.2) is 0 Å². The molecule has 108 valence electrons. The summed E-state index contributed by atoms with van der Waals surface area (Å²) in [7, 11) is -1.75. The predicted molar refractivity (Wildman–Crippen MR) is 72.7 cm³/mol. The Morgan fingerprint density at radius 2 is 1.61 bits per heavy atom. The predicted octanol–water partition coefficient (Wildman–Crippen LogP) is 3.01. The van der Waals surface area contributed by atoms with E-state index in [1.807, 2.05) is 0 Å². The molecule has 0 bridgehead atoms. The number of hydrogen-bond acceptors (Lipinski definition) is 5. The van der Waals surface area contributed by atoms with Crippen molar-refractivity contribution in [1.82, 2.24) is 0 Å². The van der Waals surface area contributed by atoms with Gasteiger partial charge in [0, 0.05) is 6.42 Å². The Kier molecular flexibility index (Phi) is 13.3. The van der Waals surface area contributed by atoms with Crippen molar-refractivity contribution >= 4 is 8.03 Å². The van der Waals surface area contributed by atoms with Crippen LogP contribution in [0.3, 0.4) is 0 Å². The molecule has 6 heteroatoms. The van der Waals surface area contributed by atoms with E-state index in [9.17, 15) is 4.57 Å². The van der Waals surface area contributed by atoms with Gasteiger partial charge in [0.15, 0.2) is 6.16 Å². The van der Waals surface area contributed by atoms with Crippen molar-refractivity contribution in [1.29, 1.82) is 0 Å². The van der Waals surface area contributed by atoms with Gasteiger partial charge in [-0.1, -0.05) is 31.2 Å². The first-order chi connectivity index (χ1) is 8.74. The van der Waals surface area contributed by atoms with Crippen molar-refractivity contribution in [3.63, 3.8) is 0 Å². The summed E-state index contributed by atoms with van der Waals surface area (Å²) in [5.74, 6) is 0. The SMILES string of the molecule is CCCCOC(OCCCC)O[P+](=O)CCCN. The quantitative estimate of drug-likeness (QED) is 0.319. The average Bonchev–Trinajstić information content (AvgIpc) is 2.36. The van der Waals surface area contributed by atoms with Crippen LogP contribution >= 0.6 is 8.03 Å². The van der Waals surface area contributed by atoms with Gasteiger partial charge in [0.25, 0.3) is 0 Å². The third kappa shape index (κ3) is 11.1. The van der Waals surface area contributed by atoms with Crippen LogP contribution in [0.25, 0.3) is 0 Å². The highest BCUT2D eigenvalue weighted by atomic mass is 31.1. The van der Waals surface area contributed by atoms with E-state index in [1.165, 1.54) is 0 Å².